The molecular formula is C18H30F4O5S. The minimum absolute atomic E-state index is 0.111. The number of hydrogen-bond acceptors (Lipinski definition) is 4. The summed E-state index contributed by atoms with van der Waals surface area (Å²) in [7, 11) is -6.22. The second-order valence-electron chi connectivity index (χ2n) is 7.71. The first-order valence-corrected chi connectivity index (χ1v) is 11.1. The van der Waals surface area contributed by atoms with Gasteiger partial charge in [-0.3, -0.25) is 9.35 Å². The highest BCUT2D eigenvalue weighted by Gasteiger charge is 2.64. The number of alkyl halides is 4. The number of carbonyl (C=O) groups excluding carboxylic acids is 1. The Balaban J connectivity index is 2.50. The van der Waals surface area contributed by atoms with Gasteiger partial charge >= 0.3 is 27.3 Å². The standard InChI is InChI=1S/C18H30F4O5S/c1-4-13-11-15(14(5-2)10-12(13)3)16(23)27-9-7-6-8-17(19,20)18(21,22)28(24,25)26/h12-15H,4-11H2,1-3H3,(H,24,25,26). The normalized spacial score (nSPS) is 26.9. The van der Waals surface area contributed by atoms with E-state index in [1.165, 1.54) is 0 Å². The maximum absolute atomic E-state index is 13.4. The van der Waals surface area contributed by atoms with Gasteiger partial charge in [0.25, 0.3) is 0 Å². The SMILES string of the molecule is CCC1CC(C(=O)OCCCCC(F)(F)C(F)(F)S(=O)(=O)O)C(CC)CC1C. The molecule has 1 fully saturated rings. The maximum atomic E-state index is 13.4. The number of ether oxygens (including phenoxy) is 1. The van der Waals surface area contributed by atoms with Crippen molar-refractivity contribution in [1.29, 1.82) is 0 Å². The van der Waals surface area contributed by atoms with Crippen molar-refractivity contribution in [3.05, 3.63) is 0 Å². The van der Waals surface area contributed by atoms with E-state index in [0.29, 0.717) is 18.3 Å². The number of carbonyl (C=O) groups is 1. The molecule has 1 aliphatic carbocycles. The average Bonchev–Trinajstić information content (AvgIpc) is 2.59. The summed E-state index contributed by atoms with van der Waals surface area (Å²) in [5.74, 6) is -4.43. The second kappa shape index (κ2) is 9.73. The highest BCUT2D eigenvalue weighted by molar-refractivity contribution is 7.87. The molecule has 0 heterocycles. The molecule has 1 saturated carbocycles. The molecular weight excluding hydrogens is 404 g/mol. The van der Waals surface area contributed by atoms with E-state index in [4.69, 9.17) is 9.29 Å². The number of rotatable bonds is 10. The summed E-state index contributed by atoms with van der Waals surface area (Å²) in [4.78, 5) is 12.4. The minimum Gasteiger partial charge on any atom is -0.465 e. The molecule has 0 aromatic carbocycles. The molecule has 4 atom stereocenters. The van der Waals surface area contributed by atoms with Crippen LogP contribution in [0.5, 0.6) is 0 Å². The van der Waals surface area contributed by atoms with Crippen LogP contribution in [0.4, 0.5) is 17.6 Å². The summed E-state index contributed by atoms with van der Waals surface area (Å²) in [6, 6.07) is 0. The van der Waals surface area contributed by atoms with Crippen LogP contribution in [0.15, 0.2) is 0 Å². The molecule has 0 aromatic rings. The van der Waals surface area contributed by atoms with Gasteiger partial charge < -0.3 is 4.74 Å². The van der Waals surface area contributed by atoms with Crippen LogP contribution in [0.3, 0.4) is 0 Å². The zero-order valence-electron chi connectivity index (χ0n) is 16.5. The van der Waals surface area contributed by atoms with Crippen LogP contribution < -0.4 is 0 Å². The smallest absolute Gasteiger partial charge is 0.431 e. The van der Waals surface area contributed by atoms with Gasteiger partial charge in [0.05, 0.1) is 12.5 Å². The molecule has 0 aromatic heterocycles. The summed E-state index contributed by atoms with van der Waals surface area (Å²) in [5.41, 5.74) is 0. The molecule has 5 nitrogen and oxygen atoms in total. The van der Waals surface area contributed by atoms with E-state index in [2.05, 4.69) is 13.8 Å². The average molecular weight is 434 g/mol. The monoisotopic (exact) mass is 434 g/mol. The predicted molar refractivity (Wildman–Crippen MR) is 95.7 cm³/mol. The van der Waals surface area contributed by atoms with E-state index in [1.54, 1.807) is 0 Å². The third kappa shape index (κ3) is 5.81. The van der Waals surface area contributed by atoms with Gasteiger partial charge in [0.15, 0.2) is 0 Å². The summed E-state index contributed by atoms with van der Waals surface area (Å²) in [6.07, 6.45) is 1.38. The van der Waals surface area contributed by atoms with Gasteiger partial charge in [-0.1, -0.05) is 33.6 Å². The molecule has 1 rings (SSSR count). The fourth-order valence-corrected chi connectivity index (χ4v) is 4.44. The maximum Gasteiger partial charge on any atom is 0.431 e. The molecule has 0 radical (unpaired) electrons. The van der Waals surface area contributed by atoms with Gasteiger partial charge in [-0.15, -0.1) is 0 Å². The first-order chi connectivity index (χ1) is 12.8. The Morgan fingerprint density at radius 2 is 1.64 bits per heavy atom. The van der Waals surface area contributed by atoms with E-state index >= 15 is 0 Å². The van der Waals surface area contributed by atoms with E-state index < -0.39 is 40.1 Å². The fraction of sp³-hybridized carbons (Fsp3) is 0.944. The van der Waals surface area contributed by atoms with E-state index in [-0.39, 0.29) is 24.9 Å². The molecule has 0 spiro atoms. The summed E-state index contributed by atoms with van der Waals surface area (Å²) < 4.78 is 87.3. The van der Waals surface area contributed by atoms with Crippen molar-refractivity contribution in [2.24, 2.45) is 23.7 Å². The Morgan fingerprint density at radius 1 is 1.07 bits per heavy atom. The lowest BCUT2D eigenvalue weighted by Gasteiger charge is -2.38. The van der Waals surface area contributed by atoms with Crippen LogP contribution >= 0.6 is 0 Å². The summed E-state index contributed by atoms with van der Waals surface area (Å²) >= 11 is 0. The third-order valence-electron chi connectivity index (χ3n) is 5.84. The molecule has 0 aliphatic heterocycles. The fourth-order valence-electron chi connectivity index (χ4n) is 3.96. The second-order valence-corrected chi connectivity index (χ2v) is 9.18. The Morgan fingerprint density at radius 3 is 2.14 bits per heavy atom. The van der Waals surface area contributed by atoms with Crippen LogP contribution in [0.25, 0.3) is 0 Å². The Kier molecular flexibility index (Phi) is 8.74. The quantitative estimate of drug-likeness (QED) is 0.229. The molecule has 28 heavy (non-hydrogen) atoms. The van der Waals surface area contributed by atoms with Gasteiger partial charge in [0.2, 0.25) is 0 Å². The molecule has 4 unspecified atom stereocenters. The lowest BCUT2D eigenvalue weighted by Crippen LogP contribution is -2.46. The Labute approximate surface area is 164 Å². The molecule has 1 aliphatic rings. The minimum atomic E-state index is -6.22. The predicted octanol–water partition coefficient (Wildman–Crippen LogP) is 4.91. The zero-order chi connectivity index (χ0) is 21.8. The number of unbranched alkanes of at least 4 members (excludes halogenated alkanes) is 1. The first kappa shape index (κ1) is 25.1. The molecule has 0 saturated heterocycles. The van der Waals surface area contributed by atoms with Crippen molar-refractivity contribution in [2.45, 2.75) is 76.9 Å². The van der Waals surface area contributed by atoms with Crippen molar-refractivity contribution in [1.82, 2.24) is 0 Å². The highest BCUT2D eigenvalue weighted by atomic mass is 32.2. The molecule has 0 amide bonds. The van der Waals surface area contributed by atoms with Crippen molar-refractivity contribution in [2.75, 3.05) is 6.61 Å². The summed E-state index contributed by atoms with van der Waals surface area (Å²) in [5, 5.41) is -5.56. The highest BCUT2D eigenvalue weighted by Crippen LogP contribution is 2.42. The molecule has 10 heteroatoms. The van der Waals surface area contributed by atoms with Crippen LogP contribution in [0.2, 0.25) is 0 Å². The van der Waals surface area contributed by atoms with Gasteiger partial charge in [0.1, 0.15) is 0 Å². The Bertz CT molecular complexity index is 623. The Hall–Kier alpha value is -0.900. The van der Waals surface area contributed by atoms with E-state index in [0.717, 1.165) is 19.3 Å². The number of esters is 1. The number of hydrogen-bond donors (Lipinski definition) is 1. The molecule has 0 bridgehead atoms. The van der Waals surface area contributed by atoms with Crippen LogP contribution in [0.1, 0.15) is 65.7 Å². The molecule has 1 N–H and O–H groups in total. The van der Waals surface area contributed by atoms with Crippen molar-refractivity contribution < 1.29 is 40.1 Å². The largest absolute Gasteiger partial charge is 0.465 e. The van der Waals surface area contributed by atoms with Crippen molar-refractivity contribution in [3.63, 3.8) is 0 Å². The number of halogens is 4. The van der Waals surface area contributed by atoms with Crippen LogP contribution in [-0.2, 0) is 19.6 Å². The lowest BCUT2D eigenvalue weighted by molar-refractivity contribution is -0.165. The summed E-state index contributed by atoms with van der Waals surface area (Å²) in [6.45, 7) is 6.03. The van der Waals surface area contributed by atoms with Gasteiger partial charge in [0, 0.05) is 6.42 Å². The van der Waals surface area contributed by atoms with Gasteiger partial charge in [-0.05, 0) is 43.4 Å². The van der Waals surface area contributed by atoms with Crippen molar-refractivity contribution >= 4 is 16.1 Å². The van der Waals surface area contributed by atoms with E-state index in [1.807, 2.05) is 6.92 Å². The van der Waals surface area contributed by atoms with Gasteiger partial charge in [-0.25, -0.2) is 0 Å². The van der Waals surface area contributed by atoms with Gasteiger partial charge in [-0.2, -0.15) is 26.0 Å². The van der Waals surface area contributed by atoms with Crippen LogP contribution in [-0.4, -0.2) is 36.7 Å². The van der Waals surface area contributed by atoms with Crippen molar-refractivity contribution in [3.8, 4) is 0 Å². The topological polar surface area (TPSA) is 80.7 Å². The first-order valence-electron chi connectivity index (χ1n) is 9.67. The lowest BCUT2D eigenvalue weighted by atomic mass is 9.67. The third-order valence-corrected chi connectivity index (χ3v) is 6.78. The van der Waals surface area contributed by atoms with E-state index in [9.17, 15) is 30.8 Å². The molecule has 166 valence electrons. The zero-order valence-corrected chi connectivity index (χ0v) is 17.3. The van der Waals surface area contributed by atoms with Crippen LogP contribution in [0, 0.1) is 23.7 Å².